The molecule has 1 aromatic heterocycles. The molecule has 1 unspecified atom stereocenters. The maximum Gasteiger partial charge on any atom is 0.246 e. The molecule has 2 aromatic carbocycles. The van der Waals surface area contributed by atoms with Gasteiger partial charge in [-0.1, -0.05) is 72.2 Å². The summed E-state index contributed by atoms with van der Waals surface area (Å²) in [5, 5.41) is 4.08. The van der Waals surface area contributed by atoms with Crippen molar-refractivity contribution in [3.63, 3.8) is 0 Å². The van der Waals surface area contributed by atoms with Crippen molar-refractivity contribution in [2.45, 2.75) is 39.7 Å². The minimum Gasteiger partial charge on any atom is -0.339 e. The molecule has 0 saturated carbocycles. The zero-order valence-corrected chi connectivity index (χ0v) is 17.2. The summed E-state index contributed by atoms with van der Waals surface area (Å²) in [5.74, 6) is 1.10. The van der Waals surface area contributed by atoms with Crippen molar-refractivity contribution in [2.24, 2.45) is 0 Å². The van der Waals surface area contributed by atoms with Gasteiger partial charge in [-0.2, -0.15) is 4.98 Å². The molecule has 1 atom stereocenters. The van der Waals surface area contributed by atoms with Crippen LogP contribution in [0.5, 0.6) is 0 Å². The van der Waals surface area contributed by atoms with Crippen LogP contribution in [0, 0.1) is 6.92 Å². The van der Waals surface area contributed by atoms with Crippen molar-refractivity contribution in [3.05, 3.63) is 77.7 Å². The number of benzene rings is 2. The Morgan fingerprint density at radius 2 is 1.86 bits per heavy atom. The van der Waals surface area contributed by atoms with Crippen LogP contribution in [0.1, 0.15) is 37.3 Å². The highest BCUT2D eigenvalue weighted by Gasteiger charge is 2.18. The number of rotatable bonds is 8. The molecule has 1 heterocycles. The van der Waals surface area contributed by atoms with Crippen LogP contribution in [-0.2, 0) is 11.2 Å². The fraction of sp³-hybridized carbons (Fsp3) is 0.292. The molecule has 3 aromatic rings. The molecule has 1 amide bonds. The van der Waals surface area contributed by atoms with E-state index in [1.54, 1.807) is 6.08 Å². The van der Waals surface area contributed by atoms with Gasteiger partial charge >= 0.3 is 0 Å². The first-order valence-electron chi connectivity index (χ1n) is 10.00. The third-order valence-electron chi connectivity index (χ3n) is 4.97. The summed E-state index contributed by atoms with van der Waals surface area (Å²) >= 11 is 0. The van der Waals surface area contributed by atoms with Crippen molar-refractivity contribution >= 4 is 12.0 Å². The van der Waals surface area contributed by atoms with Gasteiger partial charge in [0, 0.05) is 30.6 Å². The van der Waals surface area contributed by atoms with E-state index < -0.39 is 0 Å². The lowest BCUT2D eigenvalue weighted by atomic mass is 10.1. The number of nitrogens with zero attached hydrogens (tertiary/aromatic N) is 3. The molecule has 150 valence electrons. The molecule has 0 radical (unpaired) electrons. The van der Waals surface area contributed by atoms with E-state index in [1.807, 2.05) is 72.5 Å². The van der Waals surface area contributed by atoms with Gasteiger partial charge in [0.1, 0.15) is 0 Å². The van der Waals surface area contributed by atoms with Crippen LogP contribution >= 0.6 is 0 Å². The number of carbonyl (C=O) groups is 1. The fourth-order valence-corrected chi connectivity index (χ4v) is 2.99. The Morgan fingerprint density at radius 3 is 2.55 bits per heavy atom. The number of hydrogen-bond donors (Lipinski definition) is 0. The highest BCUT2D eigenvalue weighted by molar-refractivity contribution is 5.92. The summed E-state index contributed by atoms with van der Waals surface area (Å²) < 4.78 is 5.41. The molecule has 0 saturated heterocycles. The molecule has 0 bridgehead atoms. The predicted octanol–water partition coefficient (Wildman–Crippen LogP) is 4.93. The van der Waals surface area contributed by atoms with Crippen molar-refractivity contribution in [1.29, 1.82) is 0 Å². The quantitative estimate of drug-likeness (QED) is 0.513. The largest absolute Gasteiger partial charge is 0.339 e. The first-order valence-corrected chi connectivity index (χ1v) is 10.00. The van der Waals surface area contributed by atoms with E-state index in [2.05, 4.69) is 24.0 Å². The molecule has 0 aliphatic carbocycles. The van der Waals surface area contributed by atoms with Crippen LogP contribution in [0.25, 0.3) is 17.5 Å². The van der Waals surface area contributed by atoms with Gasteiger partial charge in [0.25, 0.3) is 0 Å². The Bertz CT molecular complexity index is 946. The molecular weight excluding hydrogens is 362 g/mol. The molecule has 0 N–H and O–H groups in total. The van der Waals surface area contributed by atoms with Crippen molar-refractivity contribution < 1.29 is 9.32 Å². The van der Waals surface area contributed by atoms with E-state index >= 15 is 0 Å². The van der Waals surface area contributed by atoms with Crippen LogP contribution in [0.15, 0.2) is 65.2 Å². The summed E-state index contributed by atoms with van der Waals surface area (Å²) in [6.45, 7) is 6.70. The van der Waals surface area contributed by atoms with Gasteiger partial charge in [-0.3, -0.25) is 4.79 Å². The van der Waals surface area contributed by atoms with Crippen LogP contribution in [0.4, 0.5) is 0 Å². The Balaban J connectivity index is 1.65. The Labute approximate surface area is 172 Å². The maximum atomic E-state index is 12.8. The second-order valence-corrected chi connectivity index (χ2v) is 7.16. The molecule has 5 nitrogen and oxygen atoms in total. The topological polar surface area (TPSA) is 59.2 Å². The Kier molecular flexibility index (Phi) is 6.95. The second-order valence-electron chi connectivity index (χ2n) is 7.16. The summed E-state index contributed by atoms with van der Waals surface area (Å²) in [6, 6.07) is 17.9. The predicted molar refractivity (Wildman–Crippen MR) is 115 cm³/mol. The molecule has 0 aliphatic rings. The van der Waals surface area contributed by atoms with Gasteiger partial charge in [0.15, 0.2) is 0 Å². The number of aryl methyl sites for hydroxylation is 1. The molecule has 0 spiro atoms. The Morgan fingerprint density at radius 1 is 1.14 bits per heavy atom. The third kappa shape index (κ3) is 5.64. The normalized spacial score (nSPS) is 12.2. The molecule has 0 aliphatic heterocycles. The van der Waals surface area contributed by atoms with Crippen LogP contribution in [0.3, 0.4) is 0 Å². The first-order chi connectivity index (χ1) is 14.1. The average molecular weight is 389 g/mol. The van der Waals surface area contributed by atoms with E-state index in [-0.39, 0.29) is 11.9 Å². The smallest absolute Gasteiger partial charge is 0.246 e. The van der Waals surface area contributed by atoms with Crippen LogP contribution < -0.4 is 0 Å². The number of aromatic nitrogens is 2. The van der Waals surface area contributed by atoms with Crippen molar-refractivity contribution in [1.82, 2.24) is 15.0 Å². The van der Waals surface area contributed by atoms with Gasteiger partial charge in [-0.15, -0.1) is 0 Å². The highest BCUT2D eigenvalue weighted by Crippen LogP contribution is 2.17. The van der Waals surface area contributed by atoms with Gasteiger partial charge in [-0.05, 0) is 31.9 Å². The molecular formula is C24H27N3O2. The van der Waals surface area contributed by atoms with Crippen LogP contribution in [-0.4, -0.2) is 33.5 Å². The highest BCUT2D eigenvalue weighted by atomic mass is 16.5. The lowest BCUT2D eigenvalue weighted by molar-refractivity contribution is -0.128. The summed E-state index contributed by atoms with van der Waals surface area (Å²) in [4.78, 5) is 19.1. The standard InChI is InChI=1S/C24H27N3O2/c1-4-19(3)27(23(28)15-12-20-8-6-5-7-9-20)17-16-22-25-24(26-29-22)21-13-10-18(2)11-14-21/h5-15,19H,4,16-17H2,1-3H3. The van der Waals surface area contributed by atoms with E-state index in [0.717, 1.165) is 17.5 Å². The second kappa shape index (κ2) is 9.82. The monoisotopic (exact) mass is 389 g/mol. The number of amides is 1. The summed E-state index contributed by atoms with van der Waals surface area (Å²) in [6.07, 6.45) is 4.88. The zero-order chi connectivity index (χ0) is 20.6. The van der Waals surface area contributed by atoms with Crippen LogP contribution in [0.2, 0.25) is 0 Å². The van der Waals surface area contributed by atoms with E-state index in [1.165, 1.54) is 5.56 Å². The number of hydrogen-bond acceptors (Lipinski definition) is 4. The van der Waals surface area contributed by atoms with Gasteiger partial charge in [0.2, 0.25) is 17.6 Å². The summed E-state index contributed by atoms with van der Waals surface area (Å²) in [7, 11) is 0. The van der Waals surface area contributed by atoms with Crippen molar-refractivity contribution in [3.8, 4) is 11.4 Å². The lowest BCUT2D eigenvalue weighted by Gasteiger charge is -2.27. The minimum atomic E-state index is -0.0125. The molecule has 0 fully saturated rings. The molecule has 3 rings (SSSR count). The Hall–Kier alpha value is -3.21. The molecule has 29 heavy (non-hydrogen) atoms. The third-order valence-corrected chi connectivity index (χ3v) is 4.97. The SMILES string of the molecule is CCC(C)N(CCc1nc(-c2ccc(C)cc2)no1)C(=O)C=Cc1ccccc1. The summed E-state index contributed by atoms with van der Waals surface area (Å²) in [5.41, 5.74) is 3.11. The van der Waals surface area contributed by atoms with E-state index in [0.29, 0.717) is 24.7 Å². The average Bonchev–Trinajstić information content (AvgIpc) is 3.22. The van der Waals surface area contributed by atoms with E-state index in [4.69, 9.17) is 4.52 Å². The fourth-order valence-electron chi connectivity index (χ4n) is 2.99. The number of carbonyl (C=O) groups excluding carboxylic acids is 1. The van der Waals surface area contributed by atoms with Gasteiger partial charge in [0.05, 0.1) is 0 Å². The maximum absolute atomic E-state index is 12.8. The van der Waals surface area contributed by atoms with Gasteiger partial charge < -0.3 is 9.42 Å². The molecule has 5 heteroatoms. The van der Waals surface area contributed by atoms with E-state index in [9.17, 15) is 4.79 Å². The first kappa shape index (κ1) is 20.5. The minimum absolute atomic E-state index is 0.0125. The van der Waals surface area contributed by atoms with Gasteiger partial charge in [-0.25, -0.2) is 0 Å². The lowest BCUT2D eigenvalue weighted by Crippen LogP contribution is -2.38. The zero-order valence-electron chi connectivity index (χ0n) is 17.2. The van der Waals surface area contributed by atoms with Crippen molar-refractivity contribution in [2.75, 3.05) is 6.54 Å².